The largest absolute Gasteiger partial charge is 0.347 e. The minimum atomic E-state index is -0.311. The second-order valence-corrected chi connectivity index (χ2v) is 5.14. The highest BCUT2D eigenvalue weighted by molar-refractivity contribution is 7.09. The Morgan fingerprint density at radius 2 is 1.95 bits per heavy atom. The van der Waals surface area contributed by atoms with Gasteiger partial charge >= 0.3 is 0 Å². The van der Waals surface area contributed by atoms with E-state index in [1.165, 1.54) is 0 Å². The first-order valence-corrected chi connectivity index (χ1v) is 7.16. The van der Waals surface area contributed by atoms with Crippen molar-refractivity contribution in [3.05, 3.63) is 52.2 Å². The van der Waals surface area contributed by atoms with Gasteiger partial charge in [0.05, 0.1) is 17.8 Å². The van der Waals surface area contributed by atoms with Crippen molar-refractivity contribution in [2.24, 2.45) is 5.10 Å². The van der Waals surface area contributed by atoms with Crippen LogP contribution in [0.5, 0.6) is 0 Å². The Labute approximate surface area is 131 Å². The van der Waals surface area contributed by atoms with Crippen LogP contribution in [0.25, 0.3) is 0 Å². The second kappa shape index (κ2) is 7.58. The normalized spacial score (nSPS) is 9.18. The number of nitrogens with one attached hydrogen (secondary N) is 2. The molecular formula is C15H11N5OS. The number of nitrogens with zero attached hydrogens (tertiary/aromatic N) is 3. The van der Waals surface area contributed by atoms with Gasteiger partial charge in [-0.15, -0.1) is 11.3 Å². The van der Waals surface area contributed by atoms with Gasteiger partial charge in [-0.3, -0.25) is 10.2 Å². The maximum Gasteiger partial charge on any atom is 0.253 e. The van der Waals surface area contributed by atoms with Crippen LogP contribution in [0.1, 0.15) is 15.2 Å². The van der Waals surface area contributed by atoms with Crippen LogP contribution in [0.2, 0.25) is 0 Å². The number of hydrazone groups is 1. The highest BCUT2D eigenvalue weighted by Gasteiger charge is 2.10. The molecule has 0 saturated heterocycles. The molecular weight excluding hydrogens is 298 g/mol. The summed E-state index contributed by atoms with van der Waals surface area (Å²) < 4.78 is 0. The number of carbonyl (C=O) groups excluding carboxylic acids is 1. The van der Waals surface area contributed by atoms with Gasteiger partial charge in [0.2, 0.25) is 5.71 Å². The zero-order valence-electron chi connectivity index (χ0n) is 11.4. The molecule has 108 valence electrons. The first-order valence-electron chi connectivity index (χ1n) is 6.28. The van der Waals surface area contributed by atoms with E-state index in [9.17, 15) is 4.79 Å². The van der Waals surface area contributed by atoms with Crippen LogP contribution in [0.3, 0.4) is 0 Å². The highest BCUT2D eigenvalue weighted by atomic mass is 32.1. The number of hydrogen-bond donors (Lipinski definition) is 2. The molecule has 0 radical (unpaired) electrons. The molecule has 2 aromatic rings. The number of benzene rings is 1. The molecule has 2 rings (SSSR count). The third kappa shape index (κ3) is 3.92. The Kier molecular flexibility index (Phi) is 5.25. The van der Waals surface area contributed by atoms with Crippen molar-refractivity contribution >= 4 is 28.6 Å². The lowest BCUT2D eigenvalue weighted by atomic mass is 10.1. The number of amides is 1. The molecule has 0 aliphatic heterocycles. The van der Waals surface area contributed by atoms with E-state index in [2.05, 4.69) is 15.8 Å². The summed E-state index contributed by atoms with van der Waals surface area (Å²) in [5, 5.41) is 25.7. The molecule has 7 heteroatoms. The molecule has 22 heavy (non-hydrogen) atoms. The molecule has 0 aliphatic carbocycles. The Morgan fingerprint density at radius 1 is 1.18 bits per heavy atom. The Morgan fingerprint density at radius 3 is 2.64 bits per heavy atom. The average Bonchev–Trinajstić information content (AvgIpc) is 3.07. The predicted octanol–water partition coefficient (Wildman–Crippen LogP) is 2.49. The van der Waals surface area contributed by atoms with Crippen molar-refractivity contribution in [3.63, 3.8) is 0 Å². The summed E-state index contributed by atoms with van der Waals surface area (Å²) in [5.41, 5.74) is 3.07. The van der Waals surface area contributed by atoms with E-state index in [0.717, 1.165) is 4.88 Å². The maximum atomic E-state index is 12.2. The smallest absolute Gasteiger partial charge is 0.253 e. The van der Waals surface area contributed by atoms with Gasteiger partial charge in [-0.25, -0.2) is 0 Å². The average molecular weight is 309 g/mol. The molecule has 0 fully saturated rings. The van der Waals surface area contributed by atoms with E-state index in [1.807, 2.05) is 17.5 Å². The fourth-order valence-corrected chi connectivity index (χ4v) is 2.29. The number of nitriles is 2. The molecule has 0 unspecified atom stereocenters. The second-order valence-electron chi connectivity index (χ2n) is 4.10. The SMILES string of the molecule is N#CC(C#N)=NNc1ccccc1C(=O)NCc1cccs1. The standard InChI is InChI=1S/C15H11N5OS/c16-8-11(9-17)19-20-14-6-2-1-5-13(14)15(21)18-10-12-4-3-7-22-12/h1-7,20H,10H2,(H,18,21). The third-order valence-corrected chi connectivity index (χ3v) is 3.55. The molecule has 1 heterocycles. The van der Waals surface area contributed by atoms with E-state index in [0.29, 0.717) is 17.8 Å². The first-order chi connectivity index (χ1) is 10.7. The molecule has 0 atom stereocenters. The van der Waals surface area contributed by atoms with Crippen LogP contribution in [0, 0.1) is 22.7 Å². The number of carbonyl (C=O) groups is 1. The van der Waals surface area contributed by atoms with Gasteiger partial charge in [-0.1, -0.05) is 18.2 Å². The molecule has 6 nitrogen and oxygen atoms in total. The maximum absolute atomic E-state index is 12.2. The lowest BCUT2D eigenvalue weighted by Gasteiger charge is -2.08. The molecule has 2 N–H and O–H groups in total. The zero-order valence-corrected chi connectivity index (χ0v) is 12.2. The molecule has 1 amide bonds. The van der Waals surface area contributed by atoms with Crippen LogP contribution in [-0.2, 0) is 6.54 Å². The molecule has 0 aliphatic rings. The predicted molar refractivity (Wildman–Crippen MR) is 84.2 cm³/mol. The molecule has 1 aromatic carbocycles. The van der Waals surface area contributed by atoms with E-state index in [1.54, 1.807) is 47.7 Å². The van der Waals surface area contributed by atoms with Crippen LogP contribution in [0.15, 0.2) is 46.9 Å². The van der Waals surface area contributed by atoms with Gasteiger partial charge in [-0.05, 0) is 23.6 Å². The van der Waals surface area contributed by atoms with Gasteiger partial charge in [0.15, 0.2) is 0 Å². The van der Waals surface area contributed by atoms with Crippen molar-refractivity contribution in [3.8, 4) is 12.1 Å². The van der Waals surface area contributed by atoms with Gasteiger partial charge in [0.25, 0.3) is 5.91 Å². The number of rotatable bonds is 5. The number of para-hydroxylation sites is 1. The highest BCUT2D eigenvalue weighted by Crippen LogP contribution is 2.15. The summed E-state index contributed by atoms with van der Waals surface area (Å²) in [6.45, 7) is 0.440. The quantitative estimate of drug-likeness (QED) is 0.654. The molecule has 1 aromatic heterocycles. The minimum Gasteiger partial charge on any atom is -0.347 e. The number of hydrogen-bond acceptors (Lipinski definition) is 6. The summed E-state index contributed by atoms with van der Waals surface area (Å²) in [4.78, 5) is 13.3. The van der Waals surface area contributed by atoms with Gasteiger partial charge in [0, 0.05) is 4.88 Å². The van der Waals surface area contributed by atoms with Crippen LogP contribution in [0.4, 0.5) is 5.69 Å². The van der Waals surface area contributed by atoms with Crippen LogP contribution >= 0.6 is 11.3 Å². The lowest BCUT2D eigenvalue weighted by molar-refractivity contribution is 0.0952. The fraction of sp³-hybridized carbons (Fsp3) is 0.0667. The molecule has 0 spiro atoms. The van der Waals surface area contributed by atoms with E-state index in [4.69, 9.17) is 10.5 Å². The van der Waals surface area contributed by atoms with Gasteiger partial charge in [0.1, 0.15) is 12.1 Å². The van der Waals surface area contributed by atoms with Crippen molar-refractivity contribution in [2.75, 3.05) is 5.43 Å². The summed E-state index contributed by atoms with van der Waals surface area (Å²) in [6, 6.07) is 13.9. The number of anilines is 1. The van der Waals surface area contributed by atoms with Gasteiger partial charge in [-0.2, -0.15) is 15.6 Å². The van der Waals surface area contributed by atoms with Gasteiger partial charge < -0.3 is 5.32 Å². The number of thiophene rings is 1. The first kappa shape index (κ1) is 15.2. The fourth-order valence-electron chi connectivity index (χ4n) is 1.65. The Hall–Kier alpha value is -3.16. The van der Waals surface area contributed by atoms with Crippen molar-refractivity contribution in [1.82, 2.24) is 5.32 Å². The topological polar surface area (TPSA) is 101 Å². The summed E-state index contributed by atoms with van der Waals surface area (Å²) in [7, 11) is 0. The van der Waals surface area contributed by atoms with Crippen molar-refractivity contribution in [1.29, 1.82) is 10.5 Å². The van der Waals surface area contributed by atoms with Crippen molar-refractivity contribution < 1.29 is 4.79 Å². The van der Waals surface area contributed by atoms with E-state index < -0.39 is 0 Å². The van der Waals surface area contributed by atoms with Crippen LogP contribution in [-0.4, -0.2) is 11.6 Å². The lowest BCUT2D eigenvalue weighted by Crippen LogP contribution is -2.23. The third-order valence-electron chi connectivity index (χ3n) is 2.67. The summed E-state index contributed by atoms with van der Waals surface area (Å²) in [6.07, 6.45) is 0. The summed E-state index contributed by atoms with van der Waals surface area (Å²) >= 11 is 1.56. The zero-order chi connectivity index (χ0) is 15.8. The van der Waals surface area contributed by atoms with Crippen LogP contribution < -0.4 is 10.7 Å². The van der Waals surface area contributed by atoms with Crippen molar-refractivity contribution in [2.45, 2.75) is 6.54 Å². The summed E-state index contributed by atoms with van der Waals surface area (Å²) in [5.74, 6) is -0.262. The Bertz CT molecular complexity index is 752. The Balaban J connectivity index is 2.11. The minimum absolute atomic E-state index is 0.262. The monoisotopic (exact) mass is 309 g/mol. The molecule has 0 bridgehead atoms. The van der Waals surface area contributed by atoms with E-state index >= 15 is 0 Å². The van der Waals surface area contributed by atoms with E-state index in [-0.39, 0.29) is 11.6 Å². The molecule has 0 saturated carbocycles.